The molecule has 0 saturated carbocycles. The summed E-state index contributed by atoms with van der Waals surface area (Å²) in [6, 6.07) is 10.5. The molecule has 0 aromatic heterocycles. The van der Waals surface area contributed by atoms with Gasteiger partial charge in [0.1, 0.15) is 0 Å². The molecule has 0 fully saturated rings. The molecule has 2 atom stereocenters. The molecule has 16 heavy (non-hydrogen) atoms. The molecule has 0 N–H and O–H groups in total. The smallest absolute Gasteiger partial charge is 0.0599 e. The van der Waals surface area contributed by atoms with Crippen molar-refractivity contribution in [2.45, 2.75) is 32.5 Å². The van der Waals surface area contributed by atoms with Crippen molar-refractivity contribution in [2.24, 2.45) is 5.92 Å². The van der Waals surface area contributed by atoms with Crippen LogP contribution < -0.4 is 0 Å². The third kappa shape index (κ3) is 3.62. The van der Waals surface area contributed by atoms with Gasteiger partial charge in [-0.2, -0.15) is 0 Å². The molecule has 1 rings (SSSR count). The van der Waals surface area contributed by atoms with Gasteiger partial charge in [0.15, 0.2) is 0 Å². The van der Waals surface area contributed by atoms with Gasteiger partial charge in [-0.15, -0.1) is 0 Å². The van der Waals surface area contributed by atoms with E-state index in [9.17, 15) is 0 Å². The summed E-state index contributed by atoms with van der Waals surface area (Å²) < 4.78 is 10.9. The Morgan fingerprint density at radius 1 is 0.938 bits per heavy atom. The highest BCUT2D eigenvalue weighted by Gasteiger charge is 2.23. The van der Waals surface area contributed by atoms with E-state index >= 15 is 0 Å². The molecule has 0 heterocycles. The highest BCUT2D eigenvalue weighted by molar-refractivity contribution is 5.15. The first-order valence-electron chi connectivity index (χ1n) is 5.78. The van der Waals surface area contributed by atoms with Crippen LogP contribution in [0.5, 0.6) is 0 Å². The summed E-state index contributed by atoms with van der Waals surface area (Å²) in [4.78, 5) is 0. The van der Waals surface area contributed by atoms with E-state index in [1.165, 1.54) is 5.56 Å². The summed E-state index contributed by atoms with van der Waals surface area (Å²) in [7, 11) is 3.51. The molecule has 0 saturated heterocycles. The van der Waals surface area contributed by atoms with Crippen LogP contribution in [0.2, 0.25) is 0 Å². The van der Waals surface area contributed by atoms with Gasteiger partial charge in [-0.3, -0.25) is 0 Å². The molecule has 0 aliphatic heterocycles. The van der Waals surface area contributed by atoms with E-state index in [4.69, 9.17) is 9.47 Å². The van der Waals surface area contributed by atoms with E-state index < -0.39 is 0 Å². The van der Waals surface area contributed by atoms with Gasteiger partial charge >= 0.3 is 0 Å². The van der Waals surface area contributed by atoms with Crippen LogP contribution in [-0.4, -0.2) is 26.4 Å². The van der Waals surface area contributed by atoms with Crippen molar-refractivity contribution >= 4 is 0 Å². The Bertz CT molecular complexity index is 274. The summed E-state index contributed by atoms with van der Waals surface area (Å²) >= 11 is 0. The standard InChI is InChI=1S/C14H22O2/c1-11(15-3)14(12(2)16-4)10-13-8-6-5-7-9-13/h5-9,11-12,14H,10H2,1-4H3. The van der Waals surface area contributed by atoms with Gasteiger partial charge in [0, 0.05) is 20.1 Å². The maximum atomic E-state index is 5.43. The first-order chi connectivity index (χ1) is 7.69. The Morgan fingerprint density at radius 3 is 1.88 bits per heavy atom. The van der Waals surface area contributed by atoms with Crippen molar-refractivity contribution in [1.29, 1.82) is 0 Å². The highest BCUT2D eigenvalue weighted by atomic mass is 16.5. The van der Waals surface area contributed by atoms with Gasteiger partial charge in [-0.1, -0.05) is 30.3 Å². The normalized spacial score (nSPS) is 16.8. The second-order valence-electron chi connectivity index (χ2n) is 4.24. The predicted octanol–water partition coefficient (Wildman–Crippen LogP) is 2.92. The van der Waals surface area contributed by atoms with E-state index in [1.54, 1.807) is 14.2 Å². The van der Waals surface area contributed by atoms with E-state index in [0.717, 1.165) is 6.42 Å². The zero-order valence-corrected chi connectivity index (χ0v) is 10.6. The Labute approximate surface area is 98.6 Å². The lowest BCUT2D eigenvalue weighted by molar-refractivity contribution is -0.0166. The van der Waals surface area contributed by atoms with Gasteiger partial charge in [-0.25, -0.2) is 0 Å². The fourth-order valence-corrected chi connectivity index (χ4v) is 1.95. The quantitative estimate of drug-likeness (QED) is 0.737. The lowest BCUT2D eigenvalue weighted by atomic mass is 9.90. The number of ether oxygens (including phenoxy) is 2. The van der Waals surface area contributed by atoms with Crippen LogP contribution in [-0.2, 0) is 15.9 Å². The first-order valence-corrected chi connectivity index (χ1v) is 5.78. The highest BCUT2D eigenvalue weighted by Crippen LogP contribution is 2.20. The molecule has 0 bridgehead atoms. The van der Waals surface area contributed by atoms with E-state index in [0.29, 0.717) is 5.92 Å². The van der Waals surface area contributed by atoms with Crippen molar-refractivity contribution in [3.05, 3.63) is 35.9 Å². The minimum absolute atomic E-state index is 0.204. The zero-order chi connectivity index (χ0) is 12.0. The molecule has 0 amide bonds. The Hall–Kier alpha value is -0.860. The summed E-state index contributed by atoms with van der Waals surface area (Å²) in [6.45, 7) is 4.20. The SMILES string of the molecule is COC(C)C(Cc1ccccc1)C(C)OC. The third-order valence-electron chi connectivity index (χ3n) is 3.26. The van der Waals surface area contributed by atoms with Crippen molar-refractivity contribution in [3.63, 3.8) is 0 Å². The minimum atomic E-state index is 0.204. The topological polar surface area (TPSA) is 18.5 Å². The summed E-state index contributed by atoms with van der Waals surface area (Å²) in [5, 5.41) is 0. The second-order valence-corrected chi connectivity index (χ2v) is 4.24. The summed E-state index contributed by atoms with van der Waals surface area (Å²) in [6.07, 6.45) is 1.40. The number of hydrogen-bond acceptors (Lipinski definition) is 2. The van der Waals surface area contributed by atoms with Gasteiger partial charge in [0.05, 0.1) is 12.2 Å². The van der Waals surface area contributed by atoms with Crippen molar-refractivity contribution in [2.75, 3.05) is 14.2 Å². The first kappa shape index (κ1) is 13.2. The fraction of sp³-hybridized carbons (Fsp3) is 0.571. The van der Waals surface area contributed by atoms with Gasteiger partial charge in [-0.05, 0) is 25.8 Å². The second kappa shape index (κ2) is 6.66. The maximum absolute atomic E-state index is 5.43. The predicted molar refractivity (Wildman–Crippen MR) is 66.6 cm³/mol. The van der Waals surface area contributed by atoms with Crippen LogP contribution in [0.25, 0.3) is 0 Å². The fourth-order valence-electron chi connectivity index (χ4n) is 1.95. The van der Waals surface area contributed by atoms with E-state index in [-0.39, 0.29) is 12.2 Å². The average molecular weight is 222 g/mol. The molecular weight excluding hydrogens is 200 g/mol. The molecule has 0 spiro atoms. The lowest BCUT2D eigenvalue weighted by Crippen LogP contribution is -2.32. The zero-order valence-electron chi connectivity index (χ0n) is 10.6. The van der Waals surface area contributed by atoms with Crippen LogP contribution in [0, 0.1) is 5.92 Å². The summed E-state index contributed by atoms with van der Waals surface area (Å²) in [5.74, 6) is 0.386. The molecule has 0 aliphatic carbocycles. The van der Waals surface area contributed by atoms with E-state index in [1.807, 2.05) is 6.07 Å². The molecular formula is C14H22O2. The molecule has 1 aromatic carbocycles. The molecule has 2 unspecified atom stereocenters. The minimum Gasteiger partial charge on any atom is -0.381 e. The molecule has 2 heteroatoms. The van der Waals surface area contributed by atoms with Crippen molar-refractivity contribution < 1.29 is 9.47 Å². The summed E-state index contributed by atoms with van der Waals surface area (Å²) in [5.41, 5.74) is 1.33. The van der Waals surface area contributed by atoms with Crippen LogP contribution in [0.3, 0.4) is 0 Å². The lowest BCUT2D eigenvalue weighted by Gasteiger charge is -2.27. The van der Waals surface area contributed by atoms with Crippen LogP contribution in [0.15, 0.2) is 30.3 Å². The molecule has 0 aliphatic rings. The average Bonchev–Trinajstić information content (AvgIpc) is 2.35. The Balaban J connectivity index is 2.71. The monoisotopic (exact) mass is 222 g/mol. The number of hydrogen-bond donors (Lipinski definition) is 0. The largest absolute Gasteiger partial charge is 0.381 e. The number of methoxy groups -OCH3 is 2. The van der Waals surface area contributed by atoms with Gasteiger partial charge in [0.25, 0.3) is 0 Å². The van der Waals surface area contributed by atoms with Crippen molar-refractivity contribution in [1.82, 2.24) is 0 Å². The van der Waals surface area contributed by atoms with Gasteiger partial charge < -0.3 is 9.47 Å². The Kier molecular flexibility index (Phi) is 5.50. The molecule has 2 nitrogen and oxygen atoms in total. The van der Waals surface area contributed by atoms with Crippen molar-refractivity contribution in [3.8, 4) is 0 Å². The van der Waals surface area contributed by atoms with Crippen LogP contribution in [0.4, 0.5) is 0 Å². The van der Waals surface area contributed by atoms with Gasteiger partial charge in [0.2, 0.25) is 0 Å². The molecule has 0 radical (unpaired) electrons. The van der Waals surface area contributed by atoms with Crippen LogP contribution >= 0.6 is 0 Å². The number of rotatable bonds is 6. The van der Waals surface area contributed by atoms with Crippen LogP contribution in [0.1, 0.15) is 19.4 Å². The third-order valence-corrected chi connectivity index (χ3v) is 3.26. The Morgan fingerprint density at radius 2 is 1.44 bits per heavy atom. The number of benzene rings is 1. The van der Waals surface area contributed by atoms with E-state index in [2.05, 4.69) is 38.1 Å². The maximum Gasteiger partial charge on any atom is 0.0599 e. The molecule has 1 aromatic rings. The molecule has 90 valence electrons.